The van der Waals surface area contributed by atoms with Crippen LogP contribution in [0.3, 0.4) is 0 Å². The van der Waals surface area contributed by atoms with Gasteiger partial charge in [-0.2, -0.15) is 0 Å². The first kappa shape index (κ1) is 26.4. The minimum Gasteiger partial charge on any atom is -0.328 e. The summed E-state index contributed by atoms with van der Waals surface area (Å²) in [5.41, 5.74) is -1.28. The van der Waals surface area contributed by atoms with Crippen molar-refractivity contribution >= 4 is 22.3 Å². The van der Waals surface area contributed by atoms with Gasteiger partial charge in [0.25, 0.3) is 11.1 Å². The number of alkyl halides is 2. The van der Waals surface area contributed by atoms with E-state index in [0.29, 0.717) is 56.2 Å². The van der Waals surface area contributed by atoms with E-state index in [9.17, 15) is 28.0 Å². The minimum absolute atomic E-state index is 0.0322. The van der Waals surface area contributed by atoms with Gasteiger partial charge in [0, 0.05) is 45.3 Å². The molecule has 4 aromatic heterocycles. The zero-order valence-electron chi connectivity index (χ0n) is 26.4. The molecule has 12 nitrogen and oxygen atoms in total. The Balaban J connectivity index is 0.000000238. The number of rotatable bonds is 10. The molecule has 0 spiro atoms. The molecule has 220 valence electrons. The van der Waals surface area contributed by atoms with Crippen LogP contribution in [0.25, 0.3) is 22.3 Å². The average Bonchev–Trinajstić information content (AvgIpc) is 3.54. The number of aryl methyl sites for hydroxylation is 4. The van der Waals surface area contributed by atoms with E-state index in [0.717, 1.165) is 20.0 Å². The lowest BCUT2D eigenvalue weighted by molar-refractivity contribution is 0.327. The lowest BCUT2D eigenvalue weighted by Gasteiger charge is -2.08. The van der Waals surface area contributed by atoms with E-state index in [2.05, 4.69) is 9.97 Å². The van der Waals surface area contributed by atoms with Gasteiger partial charge in [0.05, 0.1) is 25.0 Å². The number of nitrogens with zero attached hydrogens (tertiary/aromatic N) is 8. The summed E-state index contributed by atoms with van der Waals surface area (Å²) in [7, 11) is 4.74. The lowest BCUT2D eigenvalue weighted by Crippen LogP contribution is -2.39. The van der Waals surface area contributed by atoms with Crippen molar-refractivity contribution in [2.75, 3.05) is 0 Å². The van der Waals surface area contributed by atoms with Crippen LogP contribution in [-0.4, -0.2) is 49.7 Å². The molecule has 2 atom stereocenters. The summed E-state index contributed by atoms with van der Waals surface area (Å²) in [5, 5.41) is 0. The molecule has 40 heavy (non-hydrogen) atoms. The second-order valence-corrected chi connectivity index (χ2v) is 9.96. The summed E-state index contributed by atoms with van der Waals surface area (Å²) in [6.07, 6.45) is 3.80. The SMILES string of the molecule is C[C@@H](F)CCCCn1c(=O)c2c(ncn2C)n(C)c1=O.[2H]C([2H])([2H])n1cnc2c1c(=O)n(CCCC[C@@H](C)F)c(=O)n2C. The van der Waals surface area contributed by atoms with Crippen LogP contribution in [0.2, 0.25) is 0 Å². The fourth-order valence-electron chi connectivity index (χ4n) is 4.45. The molecule has 0 aromatic carbocycles. The molecule has 4 aromatic rings. The number of hydrogen-bond acceptors (Lipinski definition) is 6. The van der Waals surface area contributed by atoms with Crippen molar-refractivity contribution in [1.82, 2.24) is 37.4 Å². The predicted octanol–water partition coefficient (Wildman–Crippen LogP) is 1.92. The first-order chi connectivity index (χ1) is 20.1. The second kappa shape index (κ2) is 13.0. The quantitative estimate of drug-likeness (QED) is 0.270. The predicted molar refractivity (Wildman–Crippen MR) is 149 cm³/mol. The maximum Gasteiger partial charge on any atom is 0.332 e. The summed E-state index contributed by atoms with van der Waals surface area (Å²) in [5.74, 6) is 0. The third-order valence-electron chi connectivity index (χ3n) is 6.70. The first-order valence-corrected chi connectivity index (χ1v) is 13.1. The monoisotopic (exact) mass is 567 g/mol. The Hall–Kier alpha value is -3.84. The Kier molecular flexibility index (Phi) is 8.58. The van der Waals surface area contributed by atoms with Crippen molar-refractivity contribution in [3.63, 3.8) is 0 Å². The molecule has 0 aliphatic carbocycles. The van der Waals surface area contributed by atoms with Crippen LogP contribution in [0.5, 0.6) is 0 Å². The van der Waals surface area contributed by atoms with E-state index in [1.54, 1.807) is 18.7 Å². The highest BCUT2D eigenvalue weighted by atomic mass is 19.1. The molecule has 0 N–H and O–H groups in total. The molecule has 14 heteroatoms. The summed E-state index contributed by atoms with van der Waals surface area (Å²) < 4.78 is 55.0. The van der Waals surface area contributed by atoms with Crippen LogP contribution in [0, 0.1) is 0 Å². The Labute approximate surface area is 233 Å². The van der Waals surface area contributed by atoms with Gasteiger partial charge >= 0.3 is 11.4 Å². The Bertz CT molecular complexity index is 1810. The Morgan fingerprint density at radius 2 is 1.12 bits per heavy atom. The third kappa shape index (κ3) is 6.48. The summed E-state index contributed by atoms with van der Waals surface area (Å²) in [4.78, 5) is 57.2. The fourth-order valence-corrected chi connectivity index (χ4v) is 4.45. The molecule has 0 radical (unpaired) electrons. The number of hydrogen-bond donors (Lipinski definition) is 0. The number of unbranched alkanes of at least 4 members (excludes halogenated alkanes) is 2. The third-order valence-corrected chi connectivity index (χ3v) is 6.70. The van der Waals surface area contributed by atoms with Crippen molar-refractivity contribution in [3.05, 3.63) is 54.3 Å². The van der Waals surface area contributed by atoms with Crippen LogP contribution < -0.4 is 22.5 Å². The maximum atomic E-state index is 12.8. The van der Waals surface area contributed by atoms with E-state index in [-0.39, 0.29) is 29.0 Å². The molecule has 0 unspecified atom stereocenters. The second-order valence-electron chi connectivity index (χ2n) is 9.96. The van der Waals surface area contributed by atoms with Crippen LogP contribution in [-0.2, 0) is 41.2 Å². The number of fused-ring (bicyclic) bond motifs is 2. The highest BCUT2D eigenvalue weighted by molar-refractivity contribution is 5.70. The van der Waals surface area contributed by atoms with E-state index >= 15 is 0 Å². The van der Waals surface area contributed by atoms with Gasteiger partial charge < -0.3 is 9.13 Å². The topological polar surface area (TPSA) is 124 Å². The molecule has 4 heterocycles. The van der Waals surface area contributed by atoms with Gasteiger partial charge in [0.15, 0.2) is 22.3 Å². The maximum absolute atomic E-state index is 12.8. The number of imidazole rings is 2. The standard InChI is InChI=1S/2C13H19FN4O2/c2*1-9(14)6-4-5-7-18-12(19)10-11(15-8-16(10)2)17(3)13(18)20/h2*8-9H,4-7H2,1-3H3/t2*9-/m11/s1/i2D3;. The van der Waals surface area contributed by atoms with Gasteiger partial charge in [0.2, 0.25) is 0 Å². The molecular weight excluding hydrogens is 526 g/mol. The number of halogens is 2. The summed E-state index contributed by atoms with van der Waals surface area (Å²) in [6.45, 7) is 0.811. The molecule has 0 fully saturated rings. The average molecular weight is 568 g/mol. The van der Waals surface area contributed by atoms with Crippen molar-refractivity contribution in [2.45, 2.75) is 77.8 Å². The molecule has 0 bridgehead atoms. The normalized spacial score (nSPS) is 14.4. The molecular formula is C26H38F2N8O4. The van der Waals surface area contributed by atoms with Gasteiger partial charge in [-0.15, -0.1) is 0 Å². The molecule has 0 saturated heterocycles. The van der Waals surface area contributed by atoms with Gasteiger partial charge in [-0.3, -0.25) is 27.9 Å². The molecule has 0 aliphatic heterocycles. The van der Waals surface area contributed by atoms with Gasteiger partial charge in [0.1, 0.15) is 0 Å². The van der Waals surface area contributed by atoms with Gasteiger partial charge in [-0.25, -0.2) is 28.3 Å². The smallest absolute Gasteiger partial charge is 0.328 e. The first-order valence-electron chi connectivity index (χ1n) is 14.6. The van der Waals surface area contributed by atoms with E-state index in [4.69, 9.17) is 4.11 Å². The molecule has 0 saturated carbocycles. The Morgan fingerprint density at radius 1 is 0.725 bits per heavy atom. The zero-order valence-corrected chi connectivity index (χ0v) is 23.4. The fraction of sp³-hybridized carbons (Fsp3) is 0.615. The van der Waals surface area contributed by atoms with Gasteiger partial charge in [-0.05, 0) is 52.4 Å². The van der Waals surface area contributed by atoms with Crippen molar-refractivity contribution in [1.29, 1.82) is 0 Å². The van der Waals surface area contributed by atoms with E-state index < -0.39 is 30.6 Å². The van der Waals surface area contributed by atoms with Crippen LogP contribution >= 0.6 is 0 Å². The van der Waals surface area contributed by atoms with Crippen LogP contribution in [0.15, 0.2) is 31.8 Å². The molecule has 0 aliphatic rings. The summed E-state index contributed by atoms with van der Waals surface area (Å²) >= 11 is 0. The van der Waals surface area contributed by atoms with E-state index in [1.165, 1.54) is 36.4 Å². The molecule has 0 amide bonds. The minimum atomic E-state index is -2.56. The van der Waals surface area contributed by atoms with Crippen molar-refractivity contribution in [2.24, 2.45) is 28.1 Å². The van der Waals surface area contributed by atoms with Crippen LogP contribution in [0.1, 0.15) is 56.5 Å². The molecule has 4 rings (SSSR count). The van der Waals surface area contributed by atoms with Crippen molar-refractivity contribution in [3.8, 4) is 0 Å². The highest BCUT2D eigenvalue weighted by Crippen LogP contribution is 2.07. The van der Waals surface area contributed by atoms with Gasteiger partial charge in [-0.1, -0.05) is 0 Å². The van der Waals surface area contributed by atoms with E-state index in [1.807, 2.05) is 0 Å². The lowest BCUT2D eigenvalue weighted by atomic mass is 10.2. The Morgan fingerprint density at radius 3 is 1.52 bits per heavy atom. The summed E-state index contributed by atoms with van der Waals surface area (Å²) in [6, 6.07) is 0. The number of aromatic nitrogens is 8. The van der Waals surface area contributed by atoms with Crippen LogP contribution in [0.4, 0.5) is 8.78 Å². The highest BCUT2D eigenvalue weighted by Gasteiger charge is 2.15. The van der Waals surface area contributed by atoms with Crippen molar-refractivity contribution < 1.29 is 12.9 Å². The largest absolute Gasteiger partial charge is 0.332 e. The zero-order chi connectivity index (χ0) is 32.2.